The standard InChI is InChI=1S/C20H17N5O2/c1-2-27-19(26)16-5-3-4-6-17(16)24-18-11-12-22-20(25-18)23-15-9-7-14(13-21)8-10-15/h3-12H,2H2,1H3,(H2,22,23,24,25). The van der Waals surface area contributed by atoms with Crippen LogP contribution in [0.25, 0.3) is 0 Å². The summed E-state index contributed by atoms with van der Waals surface area (Å²) in [4.78, 5) is 20.7. The van der Waals surface area contributed by atoms with Crippen LogP contribution in [-0.2, 0) is 4.74 Å². The highest BCUT2D eigenvalue weighted by Gasteiger charge is 2.12. The summed E-state index contributed by atoms with van der Waals surface area (Å²) in [6.07, 6.45) is 1.61. The lowest BCUT2D eigenvalue weighted by Crippen LogP contribution is -2.08. The number of anilines is 4. The number of esters is 1. The molecule has 0 amide bonds. The van der Waals surface area contributed by atoms with E-state index in [4.69, 9.17) is 10.00 Å². The molecule has 0 spiro atoms. The predicted octanol–water partition coefficient (Wildman–Crippen LogP) is 4.01. The number of benzene rings is 2. The number of ether oxygens (including phenoxy) is 1. The molecule has 0 aliphatic rings. The van der Waals surface area contributed by atoms with Crippen molar-refractivity contribution in [3.05, 3.63) is 71.9 Å². The lowest BCUT2D eigenvalue weighted by molar-refractivity contribution is 0.0527. The van der Waals surface area contributed by atoms with E-state index in [9.17, 15) is 4.79 Å². The summed E-state index contributed by atoms with van der Waals surface area (Å²) in [5.41, 5.74) is 2.36. The van der Waals surface area contributed by atoms with Crippen LogP contribution in [0.4, 0.5) is 23.1 Å². The molecule has 0 radical (unpaired) electrons. The first-order valence-electron chi connectivity index (χ1n) is 8.33. The highest BCUT2D eigenvalue weighted by molar-refractivity contribution is 5.96. The number of nitrogens with zero attached hydrogens (tertiary/aromatic N) is 3. The van der Waals surface area contributed by atoms with Gasteiger partial charge in [-0.1, -0.05) is 12.1 Å². The summed E-state index contributed by atoms with van der Waals surface area (Å²) in [6.45, 7) is 2.07. The molecule has 3 rings (SSSR count). The summed E-state index contributed by atoms with van der Waals surface area (Å²) in [5, 5.41) is 15.1. The van der Waals surface area contributed by atoms with Crippen LogP contribution in [0.5, 0.6) is 0 Å². The van der Waals surface area contributed by atoms with Gasteiger partial charge in [0.1, 0.15) is 5.82 Å². The van der Waals surface area contributed by atoms with Crippen LogP contribution in [-0.4, -0.2) is 22.5 Å². The zero-order valence-electron chi connectivity index (χ0n) is 14.6. The summed E-state index contributed by atoms with van der Waals surface area (Å²) in [7, 11) is 0. The minimum atomic E-state index is -0.398. The zero-order chi connectivity index (χ0) is 19.1. The SMILES string of the molecule is CCOC(=O)c1ccccc1Nc1ccnc(Nc2ccc(C#N)cc2)n1. The third-order valence-electron chi connectivity index (χ3n) is 3.61. The first kappa shape index (κ1) is 17.9. The molecule has 0 unspecified atom stereocenters. The average molecular weight is 359 g/mol. The van der Waals surface area contributed by atoms with Crippen LogP contribution in [0.1, 0.15) is 22.8 Å². The molecule has 2 N–H and O–H groups in total. The second-order valence-electron chi connectivity index (χ2n) is 5.47. The summed E-state index contributed by atoms with van der Waals surface area (Å²) in [5.74, 6) is 0.516. The van der Waals surface area contributed by atoms with Crippen molar-refractivity contribution in [3.8, 4) is 6.07 Å². The maximum Gasteiger partial charge on any atom is 0.340 e. The van der Waals surface area contributed by atoms with E-state index < -0.39 is 5.97 Å². The van der Waals surface area contributed by atoms with Gasteiger partial charge in [-0.25, -0.2) is 9.78 Å². The number of para-hydroxylation sites is 1. The van der Waals surface area contributed by atoms with Crippen molar-refractivity contribution in [2.75, 3.05) is 17.2 Å². The van der Waals surface area contributed by atoms with Gasteiger partial charge in [-0.15, -0.1) is 0 Å². The van der Waals surface area contributed by atoms with Crippen LogP contribution < -0.4 is 10.6 Å². The van der Waals surface area contributed by atoms with E-state index in [1.165, 1.54) is 0 Å². The van der Waals surface area contributed by atoms with Crippen LogP contribution in [0.15, 0.2) is 60.8 Å². The molecule has 0 fully saturated rings. The van der Waals surface area contributed by atoms with Crippen molar-refractivity contribution in [3.63, 3.8) is 0 Å². The van der Waals surface area contributed by atoms with Crippen LogP contribution in [0.3, 0.4) is 0 Å². The second-order valence-corrected chi connectivity index (χ2v) is 5.47. The Balaban J connectivity index is 1.78. The number of hydrogen-bond donors (Lipinski definition) is 2. The van der Waals surface area contributed by atoms with Gasteiger partial charge in [-0.2, -0.15) is 10.2 Å². The van der Waals surface area contributed by atoms with E-state index in [0.29, 0.717) is 35.2 Å². The number of carbonyl (C=O) groups excluding carboxylic acids is 1. The highest BCUT2D eigenvalue weighted by Crippen LogP contribution is 2.22. The van der Waals surface area contributed by atoms with E-state index in [0.717, 1.165) is 5.69 Å². The number of aromatic nitrogens is 2. The molecule has 0 bridgehead atoms. The number of rotatable bonds is 6. The van der Waals surface area contributed by atoms with Gasteiger partial charge in [0.25, 0.3) is 0 Å². The quantitative estimate of drug-likeness (QED) is 0.641. The fourth-order valence-corrected chi connectivity index (χ4v) is 2.36. The van der Waals surface area contributed by atoms with Crippen molar-refractivity contribution < 1.29 is 9.53 Å². The molecule has 3 aromatic rings. The number of nitriles is 1. The molecule has 0 aliphatic carbocycles. The normalized spacial score (nSPS) is 9.93. The van der Waals surface area contributed by atoms with Gasteiger partial charge < -0.3 is 15.4 Å². The molecule has 0 saturated carbocycles. The second kappa shape index (κ2) is 8.45. The smallest absolute Gasteiger partial charge is 0.340 e. The number of nitrogens with one attached hydrogen (secondary N) is 2. The van der Waals surface area contributed by atoms with E-state index in [-0.39, 0.29) is 0 Å². The van der Waals surface area contributed by atoms with E-state index in [2.05, 4.69) is 26.7 Å². The van der Waals surface area contributed by atoms with E-state index in [1.54, 1.807) is 61.7 Å². The molecular formula is C20H17N5O2. The van der Waals surface area contributed by atoms with Gasteiger partial charge in [0.15, 0.2) is 0 Å². The lowest BCUT2D eigenvalue weighted by Gasteiger charge is -2.11. The predicted molar refractivity (Wildman–Crippen MR) is 102 cm³/mol. The molecule has 1 heterocycles. The zero-order valence-corrected chi connectivity index (χ0v) is 14.6. The Morgan fingerprint density at radius 1 is 1.11 bits per heavy atom. The Morgan fingerprint density at radius 2 is 1.89 bits per heavy atom. The van der Waals surface area contributed by atoms with Gasteiger partial charge in [0, 0.05) is 11.9 Å². The minimum Gasteiger partial charge on any atom is -0.462 e. The Kier molecular flexibility index (Phi) is 5.60. The molecule has 7 nitrogen and oxygen atoms in total. The maximum atomic E-state index is 12.1. The van der Waals surface area contributed by atoms with Crippen LogP contribution >= 0.6 is 0 Å². The summed E-state index contributed by atoms with van der Waals surface area (Å²) < 4.78 is 5.08. The largest absolute Gasteiger partial charge is 0.462 e. The highest BCUT2D eigenvalue weighted by atomic mass is 16.5. The summed E-state index contributed by atoms with van der Waals surface area (Å²) in [6, 6.07) is 17.8. The van der Waals surface area contributed by atoms with E-state index in [1.807, 2.05) is 6.07 Å². The number of carbonyl (C=O) groups is 1. The Labute approximate surface area is 156 Å². The molecular weight excluding hydrogens is 342 g/mol. The molecule has 27 heavy (non-hydrogen) atoms. The molecule has 2 aromatic carbocycles. The molecule has 0 aliphatic heterocycles. The fourth-order valence-electron chi connectivity index (χ4n) is 2.36. The lowest BCUT2D eigenvalue weighted by atomic mass is 10.2. The van der Waals surface area contributed by atoms with Crippen molar-refractivity contribution >= 4 is 29.1 Å². The van der Waals surface area contributed by atoms with Gasteiger partial charge in [-0.3, -0.25) is 0 Å². The van der Waals surface area contributed by atoms with Crippen molar-refractivity contribution in [1.82, 2.24) is 9.97 Å². The van der Waals surface area contributed by atoms with Crippen LogP contribution in [0.2, 0.25) is 0 Å². The topological polar surface area (TPSA) is 99.9 Å². The molecule has 0 saturated heterocycles. The monoisotopic (exact) mass is 359 g/mol. The van der Waals surface area contributed by atoms with Crippen molar-refractivity contribution in [1.29, 1.82) is 5.26 Å². The first-order valence-corrected chi connectivity index (χ1v) is 8.33. The fraction of sp³-hybridized carbons (Fsp3) is 0.100. The Bertz CT molecular complexity index is 980. The number of hydrogen-bond acceptors (Lipinski definition) is 7. The maximum absolute atomic E-state index is 12.1. The molecule has 7 heteroatoms. The minimum absolute atomic E-state index is 0.305. The Morgan fingerprint density at radius 3 is 2.63 bits per heavy atom. The molecule has 0 atom stereocenters. The van der Waals surface area contributed by atoms with Crippen molar-refractivity contribution in [2.24, 2.45) is 0 Å². The average Bonchev–Trinajstić information content (AvgIpc) is 2.69. The van der Waals surface area contributed by atoms with Gasteiger partial charge in [0.05, 0.1) is 29.5 Å². The van der Waals surface area contributed by atoms with Gasteiger partial charge >= 0.3 is 5.97 Å². The molecule has 1 aromatic heterocycles. The summed E-state index contributed by atoms with van der Waals surface area (Å²) >= 11 is 0. The van der Waals surface area contributed by atoms with Gasteiger partial charge in [-0.05, 0) is 49.4 Å². The van der Waals surface area contributed by atoms with Gasteiger partial charge in [0.2, 0.25) is 5.95 Å². The first-order chi connectivity index (χ1) is 13.2. The third-order valence-corrected chi connectivity index (χ3v) is 3.61. The van der Waals surface area contributed by atoms with E-state index >= 15 is 0 Å². The van der Waals surface area contributed by atoms with Crippen LogP contribution in [0, 0.1) is 11.3 Å². The third kappa shape index (κ3) is 4.58. The Hall–Kier alpha value is -3.92. The van der Waals surface area contributed by atoms with Crippen molar-refractivity contribution in [2.45, 2.75) is 6.92 Å². The molecule has 134 valence electrons.